The molecule has 0 unspecified atom stereocenters. The van der Waals surface area contributed by atoms with E-state index in [0.29, 0.717) is 0 Å². The number of nitrogens with zero attached hydrogens (tertiary/aromatic N) is 2. The van der Waals surface area contributed by atoms with Crippen molar-refractivity contribution >= 4 is 33.5 Å². The molecule has 0 saturated carbocycles. The third-order valence-corrected chi connectivity index (χ3v) is 3.40. The quantitative estimate of drug-likeness (QED) is 0.781. The maximum absolute atomic E-state index is 5.30. The standard InChI is InChI=1S/C16H17BrN2O/c1-19(2)14-7-4-12(5-8-14)11-18-15-10-13(17)6-9-16(15)20-3/h4-11H,1-3H3. The van der Waals surface area contributed by atoms with Crippen molar-refractivity contribution in [3.05, 3.63) is 52.5 Å². The van der Waals surface area contributed by atoms with Crippen LogP contribution in [0.25, 0.3) is 0 Å². The fraction of sp³-hybridized carbons (Fsp3) is 0.188. The van der Waals surface area contributed by atoms with Gasteiger partial charge in [0.25, 0.3) is 0 Å². The number of hydrogen-bond donors (Lipinski definition) is 0. The second-order valence-corrected chi connectivity index (χ2v) is 5.48. The van der Waals surface area contributed by atoms with Crippen molar-refractivity contribution in [2.24, 2.45) is 4.99 Å². The van der Waals surface area contributed by atoms with Crippen LogP contribution in [0, 0.1) is 0 Å². The zero-order valence-corrected chi connectivity index (χ0v) is 13.4. The van der Waals surface area contributed by atoms with E-state index in [2.05, 4.69) is 38.0 Å². The van der Waals surface area contributed by atoms with Crippen molar-refractivity contribution in [2.75, 3.05) is 26.1 Å². The van der Waals surface area contributed by atoms with E-state index in [1.165, 1.54) is 5.69 Å². The molecule has 104 valence electrons. The van der Waals surface area contributed by atoms with E-state index in [1.54, 1.807) is 7.11 Å². The lowest BCUT2D eigenvalue weighted by Gasteiger charge is -2.11. The van der Waals surface area contributed by atoms with Crippen LogP contribution in [0.5, 0.6) is 5.75 Å². The molecule has 0 N–H and O–H groups in total. The highest BCUT2D eigenvalue weighted by Crippen LogP contribution is 2.30. The second-order valence-electron chi connectivity index (χ2n) is 4.56. The van der Waals surface area contributed by atoms with E-state index in [4.69, 9.17) is 4.74 Å². The lowest BCUT2D eigenvalue weighted by atomic mass is 10.2. The molecule has 0 aliphatic heterocycles. The lowest BCUT2D eigenvalue weighted by Crippen LogP contribution is -2.08. The number of rotatable bonds is 4. The van der Waals surface area contributed by atoms with Crippen molar-refractivity contribution in [3.63, 3.8) is 0 Å². The highest BCUT2D eigenvalue weighted by Gasteiger charge is 2.01. The molecule has 0 spiro atoms. The minimum absolute atomic E-state index is 0.759. The number of methoxy groups -OCH3 is 1. The number of ether oxygens (including phenoxy) is 1. The summed E-state index contributed by atoms with van der Waals surface area (Å²) >= 11 is 3.44. The zero-order chi connectivity index (χ0) is 14.5. The SMILES string of the molecule is COc1ccc(Br)cc1N=Cc1ccc(N(C)C)cc1. The average molecular weight is 333 g/mol. The zero-order valence-electron chi connectivity index (χ0n) is 11.8. The first-order valence-electron chi connectivity index (χ1n) is 6.25. The summed E-state index contributed by atoms with van der Waals surface area (Å²) < 4.78 is 6.28. The maximum Gasteiger partial charge on any atom is 0.144 e. The van der Waals surface area contributed by atoms with E-state index in [-0.39, 0.29) is 0 Å². The molecule has 0 aromatic heterocycles. The van der Waals surface area contributed by atoms with Crippen LogP contribution in [0.3, 0.4) is 0 Å². The van der Waals surface area contributed by atoms with Gasteiger partial charge in [0, 0.05) is 30.5 Å². The van der Waals surface area contributed by atoms with Crippen LogP contribution in [0.2, 0.25) is 0 Å². The first kappa shape index (κ1) is 14.6. The lowest BCUT2D eigenvalue weighted by molar-refractivity contribution is 0.416. The average Bonchev–Trinajstić information content (AvgIpc) is 2.45. The van der Waals surface area contributed by atoms with Crippen LogP contribution in [0.15, 0.2) is 51.9 Å². The van der Waals surface area contributed by atoms with Gasteiger partial charge in [-0.25, -0.2) is 0 Å². The van der Waals surface area contributed by atoms with E-state index >= 15 is 0 Å². The molecule has 0 heterocycles. The highest BCUT2D eigenvalue weighted by molar-refractivity contribution is 9.10. The van der Waals surface area contributed by atoms with E-state index in [9.17, 15) is 0 Å². The largest absolute Gasteiger partial charge is 0.494 e. The molecular weight excluding hydrogens is 316 g/mol. The first-order chi connectivity index (χ1) is 9.60. The Balaban J connectivity index is 2.22. The summed E-state index contributed by atoms with van der Waals surface area (Å²) in [7, 11) is 5.69. The van der Waals surface area contributed by atoms with Gasteiger partial charge in [-0.05, 0) is 35.9 Å². The predicted molar refractivity (Wildman–Crippen MR) is 88.7 cm³/mol. The second kappa shape index (κ2) is 6.57. The normalized spacial score (nSPS) is 10.8. The Morgan fingerprint density at radius 3 is 2.40 bits per heavy atom. The Labute approximate surface area is 128 Å². The molecule has 2 aromatic carbocycles. The van der Waals surface area contributed by atoms with Gasteiger partial charge in [-0.1, -0.05) is 28.1 Å². The summed E-state index contributed by atoms with van der Waals surface area (Å²) in [5.41, 5.74) is 3.03. The fourth-order valence-corrected chi connectivity index (χ4v) is 2.12. The molecule has 0 bridgehead atoms. The summed E-state index contributed by atoms with van der Waals surface area (Å²) in [6.07, 6.45) is 1.84. The maximum atomic E-state index is 5.30. The van der Waals surface area contributed by atoms with E-state index in [0.717, 1.165) is 21.5 Å². The third-order valence-electron chi connectivity index (χ3n) is 2.90. The Morgan fingerprint density at radius 1 is 1.10 bits per heavy atom. The number of benzene rings is 2. The Morgan fingerprint density at radius 2 is 1.80 bits per heavy atom. The molecule has 0 radical (unpaired) electrons. The van der Waals surface area contributed by atoms with Gasteiger partial charge in [-0.2, -0.15) is 0 Å². The minimum atomic E-state index is 0.759. The molecule has 0 aliphatic rings. The third kappa shape index (κ3) is 3.61. The van der Waals surface area contributed by atoms with Gasteiger partial charge in [0.05, 0.1) is 7.11 Å². The number of hydrogen-bond acceptors (Lipinski definition) is 3. The van der Waals surface area contributed by atoms with E-state index < -0.39 is 0 Å². The summed E-state index contributed by atoms with van der Waals surface area (Å²) in [6.45, 7) is 0. The Hall–Kier alpha value is -1.81. The van der Waals surface area contributed by atoms with Gasteiger partial charge in [-0.15, -0.1) is 0 Å². The van der Waals surface area contributed by atoms with Crippen molar-refractivity contribution in [1.29, 1.82) is 0 Å². The van der Waals surface area contributed by atoms with Crippen molar-refractivity contribution in [2.45, 2.75) is 0 Å². The summed E-state index contributed by atoms with van der Waals surface area (Å²) in [5, 5.41) is 0. The number of anilines is 1. The summed E-state index contributed by atoms with van der Waals surface area (Å²) in [6, 6.07) is 14.0. The van der Waals surface area contributed by atoms with Gasteiger partial charge in [0.1, 0.15) is 11.4 Å². The summed E-state index contributed by atoms with van der Waals surface area (Å²) in [4.78, 5) is 6.56. The van der Waals surface area contributed by atoms with Crippen molar-refractivity contribution in [1.82, 2.24) is 0 Å². The predicted octanol–water partition coefficient (Wildman–Crippen LogP) is 4.27. The van der Waals surface area contributed by atoms with Gasteiger partial charge in [0.2, 0.25) is 0 Å². The molecule has 2 rings (SSSR count). The molecule has 3 nitrogen and oxygen atoms in total. The smallest absolute Gasteiger partial charge is 0.144 e. The molecule has 0 aliphatic carbocycles. The van der Waals surface area contributed by atoms with Crippen LogP contribution in [0.1, 0.15) is 5.56 Å². The van der Waals surface area contributed by atoms with Gasteiger partial charge < -0.3 is 9.64 Å². The van der Waals surface area contributed by atoms with Crippen LogP contribution in [0.4, 0.5) is 11.4 Å². The van der Waals surface area contributed by atoms with Gasteiger partial charge >= 0.3 is 0 Å². The van der Waals surface area contributed by atoms with Gasteiger partial charge in [0.15, 0.2) is 0 Å². The molecule has 2 aromatic rings. The van der Waals surface area contributed by atoms with Gasteiger partial charge in [-0.3, -0.25) is 4.99 Å². The monoisotopic (exact) mass is 332 g/mol. The van der Waals surface area contributed by atoms with Crippen LogP contribution < -0.4 is 9.64 Å². The molecular formula is C16H17BrN2O. The van der Waals surface area contributed by atoms with Crippen LogP contribution in [-0.2, 0) is 0 Å². The summed E-state index contributed by atoms with van der Waals surface area (Å²) in [5.74, 6) is 0.759. The van der Waals surface area contributed by atoms with Crippen LogP contribution >= 0.6 is 15.9 Å². The number of aliphatic imine (C=N–C) groups is 1. The fourth-order valence-electron chi connectivity index (χ4n) is 1.77. The van der Waals surface area contributed by atoms with Crippen molar-refractivity contribution in [3.8, 4) is 5.75 Å². The van der Waals surface area contributed by atoms with Crippen molar-refractivity contribution < 1.29 is 4.74 Å². The minimum Gasteiger partial charge on any atom is -0.494 e. The highest BCUT2D eigenvalue weighted by atomic mass is 79.9. The Kier molecular flexibility index (Phi) is 4.79. The van der Waals surface area contributed by atoms with E-state index in [1.807, 2.05) is 50.6 Å². The molecule has 20 heavy (non-hydrogen) atoms. The molecule has 0 saturated heterocycles. The molecule has 0 fully saturated rings. The first-order valence-corrected chi connectivity index (χ1v) is 7.04. The Bertz CT molecular complexity index is 606. The molecule has 4 heteroatoms. The number of halogens is 1. The topological polar surface area (TPSA) is 24.8 Å². The molecule has 0 atom stereocenters. The van der Waals surface area contributed by atoms with Crippen LogP contribution in [-0.4, -0.2) is 27.4 Å². The molecule has 0 amide bonds.